The van der Waals surface area contributed by atoms with Crippen LogP contribution in [0, 0.1) is 22.7 Å². The average Bonchev–Trinajstić information content (AvgIpc) is 4.38. The molecule has 2 aliphatic rings. The van der Waals surface area contributed by atoms with Crippen molar-refractivity contribution in [2.45, 2.75) is 159 Å². The maximum atomic E-state index is 11.9. The van der Waals surface area contributed by atoms with Crippen molar-refractivity contribution in [1.29, 1.82) is 0 Å². The predicted octanol–water partition coefficient (Wildman–Crippen LogP) is 8.47. The number of esters is 4. The fourth-order valence-electron chi connectivity index (χ4n) is 5.54. The maximum Gasteiger partial charge on any atom is 0.407 e. The summed E-state index contributed by atoms with van der Waals surface area (Å²) in [4.78, 5) is 81.2. The number of alkyl carbamates (subject to hydrolysis) is 1. The SMILES string of the molecule is CCC(C)(C)C(=O)OCC1CO1.CCC(C)(C)C(=O)OCCOc1ccc(C(=O)C(C)(C)O)cc1.CCC(C)C(=O)OCCCCOCC1CO1.CCC(C)C(=O)OCCNC(=O)OCCOc1ccc(C(=O)C(C)(C)O)cc1. The van der Waals surface area contributed by atoms with Gasteiger partial charge in [-0.25, -0.2) is 4.79 Å². The minimum atomic E-state index is -1.43. The van der Waals surface area contributed by atoms with Gasteiger partial charge in [0.25, 0.3) is 0 Å². The number of Topliss-reactive ketones (excluding diaryl/α,β-unsaturated/α-hetero) is 2. The average molecular weight is 1120 g/mol. The summed E-state index contributed by atoms with van der Waals surface area (Å²) in [5, 5.41) is 21.9. The van der Waals surface area contributed by atoms with Crippen LogP contribution in [-0.4, -0.2) is 154 Å². The zero-order valence-electron chi connectivity index (χ0n) is 49.5. The Bertz CT molecular complexity index is 2120. The number of hydrogen-bond acceptors (Lipinski definition) is 19. The molecule has 448 valence electrons. The lowest BCUT2D eigenvalue weighted by molar-refractivity contribution is -0.155. The Balaban J connectivity index is 0.000000550. The number of benzene rings is 2. The molecule has 2 aliphatic heterocycles. The molecule has 20 heteroatoms. The number of amides is 1. The Morgan fingerprint density at radius 2 is 0.924 bits per heavy atom. The van der Waals surface area contributed by atoms with E-state index in [4.69, 9.17) is 47.4 Å². The van der Waals surface area contributed by atoms with Crippen LogP contribution in [0.2, 0.25) is 0 Å². The maximum absolute atomic E-state index is 11.9. The normalized spacial score (nSPS) is 15.2. The van der Waals surface area contributed by atoms with Crippen LogP contribution < -0.4 is 14.8 Å². The first-order valence-corrected chi connectivity index (χ1v) is 27.4. The van der Waals surface area contributed by atoms with Crippen LogP contribution in [0.5, 0.6) is 11.5 Å². The van der Waals surface area contributed by atoms with Gasteiger partial charge in [-0.15, -0.1) is 0 Å². The van der Waals surface area contributed by atoms with Crippen molar-refractivity contribution in [3.05, 3.63) is 59.7 Å². The minimum Gasteiger partial charge on any atom is -0.490 e. The van der Waals surface area contributed by atoms with E-state index >= 15 is 0 Å². The molecular formula is C59H93NO19. The molecule has 2 saturated heterocycles. The fourth-order valence-corrected chi connectivity index (χ4v) is 5.54. The molecule has 20 nitrogen and oxygen atoms in total. The van der Waals surface area contributed by atoms with Crippen LogP contribution in [0.4, 0.5) is 4.79 Å². The molecule has 79 heavy (non-hydrogen) atoms. The number of nitrogens with one attached hydrogen (secondary N) is 1. The van der Waals surface area contributed by atoms with Gasteiger partial charge in [0.05, 0.1) is 55.6 Å². The van der Waals surface area contributed by atoms with Gasteiger partial charge in [-0.05, 0) is 142 Å². The second-order valence-corrected chi connectivity index (χ2v) is 21.4. The summed E-state index contributed by atoms with van der Waals surface area (Å²) in [5.41, 5.74) is -2.88. The van der Waals surface area contributed by atoms with Crippen LogP contribution in [0.25, 0.3) is 0 Å². The highest BCUT2D eigenvalue weighted by Gasteiger charge is 2.31. The van der Waals surface area contributed by atoms with Crippen molar-refractivity contribution in [3.63, 3.8) is 0 Å². The van der Waals surface area contributed by atoms with Gasteiger partial charge in [-0.1, -0.05) is 41.5 Å². The van der Waals surface area contributed by atoms with Crippen LogP contribution in [0.15, 0.2) is 48.5 Å². The smallest absolute Gasteiger partial charge is 0.407 e. The Morgan fingerprint density at radius 1 is 0.532 bits per heavy atom. The molecule has 0 spiro atoms. The molecule has 2 heterocycles. The van der Waals surface area contributed by atoms with Crippen molar-refractivity contribution in [2.75, 3.05) is 79.2 Å². The molecule has 0 bridgehead atoms. The molecular weight excluding hydrogens is 1030 g/mol. The standard InChI is InChI=1S/C20H29NO7.C18H26O5.C12H22O4.C9H16O3/c1-5-14(2)18(23)27-11-10-21-19(24)28-13-12-26-16-8-6-15(7-9-16)17(22)20(3,4)25;1-6-17(2,3)16(20)23-12-11-22-14-9-7-13(8-10-14)15(19)18(4,5)21;1-3-10(2)12(13)15-7-5-4-6-14-8-11-9-16-11;1-4-9(2,3)8(10)12-6-7-5-11-7/h6-9,14,25H,5,10-13H2,1-4H3,(H,21,24);7-10,21H,6,11-12H2,1-5H3;10-11H,3-9H2,1-2H3;7H,4-6H2,1-3H3. The lowest BCUT2D eigenvalue weighted by atomic mass is 9.91. The van der Waals surface area contributed by atoms with Gasteiger partial charge in [0.1, 0.15) is 74.6 Å². The molecule has 3 N–H and O–H groups in total. The van der Waals surface area contributed by atoms with Crippen LogP contribution >= 0.6 is 0 Å². The predicted molar refractivity (Wildman–Crippen MR) is 295 cm³/mol. The highest BCUT2D eigenvalue weighted by Crippen LogP contribution is 2.24. The number of rotatable bonds is 32. The van der Waals surface area contributed by atoms with E-state index in [2.05, 4.69) is 5.32 Å². The molecule has 2 fully saturated rings. The van der Waals surface area contributed by atoms with Crippen molar-refractivity contribution >= 4 is 41.5 Å². The summed E-state index contributed by atoms with van der Waals surface area (Å²) in [6.07, 6.45) is 4.73. The third-order valence-corrected chi connectivity index (χ3v) is 12.5. The van der Waals surface area contributed by atoms with E-state index in [1.165, 1.54) is 27.7 Å². The summed E-state index contributed by atoms with van der Waals surface area (Å²) in [6, 6.07) is 12.8. The van der Waals surface area contributed by atoms with Gasteiger partial charge in [-0.3, -0.25) is 28.8 Å². The van der Waals surface area contributed by atoms with E-state index in [1.54, 1.807) is 55.5 Å². The second kappa shape index (κ2) is 36.6. The van der Waals surface area contributed by atoms with Crippen LogP contribution in [0.3, 0.4) is 0 Å². The summed E-state index contributed by atoms with van der Waals surface area (Å²) in [5.74, 6) is -0.536. The first kappa shape index (κ1) is 71.3. The molecule has 1 amide bonds. The second-order valence-electron chi connectivity index (χ2n) is 21.4. The number of ether oxygens (including phenoxy) is 10. The topological polar surface area (TPSA) is 271 Å². The van der Waals surface area contributed by atoms with E-state index in [9.17, 15) is 43.8 Å². The van der Waals surface area contributed by atoms with E-state index in [0.29, 0.717) is 61.4 Å². The van der Waals surface area contributed by atoms with Gasteiger partial charge in [0.15, 0.2) is 11.6 Å². The van der Waals surface area contributed by atoms with E-state index < -0.39 is 22.7 Å². The first-order chi connectivity index (χ1) is 37.0. The highest BCUT2D eigenvalue weighted by atomic mass is 16.6. The first-order valence-electron chi connectivity index (χ1n) is 27.4. The summed E-state index contributed by atoms with van der Waals surface area (Å²) < 4.78 is 51.5. The lowest BCUT2D eigenvalue weighted by Gasteiger charge is -2.20. The van der Waals surface area contributed by atoms with Crippen molar-refractivity contribution in [1.82, 2.24) is 5.32 Å². The fraction of sp³-hybridized carbons (Fsp3) is 0.678. The molecule has 0 aromatic heterocycles. The molecule has 4 atom stereocenters. The van der Waals surface area contributed by atoms with E-state index in [-0.39, 0.29) is 98.4 Å². The van der Waals surface area contributed by atoms with Gasteiger partial charge < -0.3 is 62.9 Å². The number of unbranched alkanes of at least 4 members (excludes halogenated alkanes) is 1. The molecule has 4 rings (SSSR count). The molecule has 4 unspecified atom stereocenters. The van der Waals surface area contributed by atoms with Crippen molar-refractivity contribution < 1.29 is 91.1 Å². The third-order valence-electron chi connectivity index (χ3n) is 12.5. The van der Waals surface area contributed by atoms with E-state index in [1.807, 2.05) is 62.3 Å². The quantitative estimate of drug-likeness (QED) is 0.0204. The van der Waals surface area contributed by atoms with Gasteiger partial charge in [-0.2, -0.15) is 0 Å². The monoisotopic (exact) mass is 1120 g/mol. The van der Waals surface area contributed by atoms with Crippen molar-refractivity contribution in [3.8, 4) is 11.5 Å². The largest absolute Gasteiger partial charge is 0.490 e. The number of epoxide rings is 2. The number of aliphatic hydroxyl groups is 2. The summed E-state index contributed by atoms with van der Waals surface area (Å²) in [6.45, 7) is 29.5. The van der Waals surface area contributed by atoms with Crippen LogP contribution in [-0.2, 0) is 57.1 Å². The van der Waals surface area contributed by atoms with E-state index in [0.717, 1.165) is 45.5 Å². The van der Waals surface area contributed by atoms with Crippen molar-refractivity contribution in [2.24, 2.45) is 22.7 Å². The Labute approximate surface area is 468 Å². The summed E-state index contributed by atoms with van der Waals surface area (Å²) >= 11 is 0. The number of ketones is 2. The Hall–Kier alpha value is -5.67. The third kappa shape index (κ3) is 31.6. The van der Waals surface area contributed by atoms with Crippen LogP contribution in [0.1, 0.15) is 156 Å². The lowest BCUT2D eigenvalue weighted by Crippen LogP contribution is -2.31. The highest BCUT2D eigenvalue weighted by molar-refractivity contribution is 6.02. The molecule has 2 aromatic rings. The summed E-state index contributed by atoms with van der Waals surface area (Å²) in [7, 11) is 0. The van der Waals surface area contributed by atoms with Gasteiger partial charge in [0, 0.05) is 17.7 Å². The van der Waals surface area contributed by atoms with Gasteiger partial charge in [0.2, 0.25) is 0 Å². The number of carbonyl (C=O) groups excluding carboxylic acids is 7. The zero-order chi connectivity index (χ0) is 59.8. The Morgan fingerprint density at radius 3 is 1.33 bits per heavy atom. The number of hydrogen-bond donors (Lipinski definition) is 3. The van der Waals surface area contributed by atoms with Gasteiger partial charge >= 0.3 is 30.0 Å². The zero-order valence-corrected chi connectivity index (χ0v) is 49.5. The molecule has 0 saturated carbocycles. The number of carbonyl (C=O) groups is 7. The minimum absolute atomic E-state index is 0.0169. The Kier molecular flexibility index (Phi) is 33.0. The molecule has 0 radical (unpaired) electrons. The molecule has 0 aliphatic carbocycles. The molecule has 2 aromatic carbocycles.